The molecular formula is C11H16N2O5S2. The fourth-order valence-corrected chi connectivity index (χ4v) is 4.61. The summed E-state index contributed by atoms with van der Waals surface area (Å²) in [6.07, 6.45) is 0.325. The summed E-state index contributed by atoms with van der Waals surface area (Å²) in [5, 5.41) is 0. The molecule has 20 heavy (non-hydrogen) atoms. The van der Waals surface area contributed by atoms with E-state index in [0.29, 0.717) is 13.0 Å². The number of thiazole rings is 1. The zero-order valence-corrected chi connectivity index (χ0v) is 13.0. The van der Waals surface area contributed by atoms with Crippen molar-refractivity contribution in [3.63, 3.8) is 0 Å². The Labute approximate surface area is 121 Å². The van der Waals surface area contributed by atoms with Gasteiger partial charge in [0.2, 0.25) is 0 Å². The molecule has 0 amide bonds. The second-order valence-electron chi connectivity index (χ2n) is 4.77. The third-order valence-electron chi connectivity index (χ3n) is 3.41. The van der Waals surface area contributed by atoms with Gasteiger partial charge >= 0.3 is 5.97 Å². The highest BCUT2D eigenvalue weighted by Gasteiger charge is 2.42. The zero-order valence-electron chi connectivity index (χ0n) is 11.4. The van der Waals surface area contributed by atoms with Crippen LogP contribution in [-0.4, -0.2) is 44.7 Å². The fraction of sp³-hybridized carbons (Fsp3) is 0.636. The minimum absolute atomic E-state index is 0.135. The van der Waals surface area contributed by atoms with Gasteiger partial charge in [-0.3, -0.25) is 0 Å². The van der Waals surface area contributed by atoms with Crippen LogP contribution in [0.2, 0.25) is 0 Å². The van der Waals surface area contributed by atoms with Crippen LogP contribution in [-0.2, 0) is 19.5 Å². The van der Waals surface area contributed by atoms with E-state index < -0.39 is 21.5 Å². The third kappa shape index (κ3) is 2.71. The minimum Gasteiger partial charge on any atom is -0.464 e. The van der Waals surface area contributed by atoms with E-state index in [2.05, 4.69) is 14.4 Å². The van der Waals surface area contributed by atoms with E-state index in [1.54, 1.807) is 6.92 Å². The van der Waals surface area contributed by atoms with Crippen LogP contribution in [0.5, 0.6) is 0 Å². The number of ether oxygens (including phenoxy) is 2. The van der Waals surface area contributed by atoms with Gasteiger partial charge in [0.15, 0.2) is 9.90 Å². The summed E-state index contributed by atoms with van der Waals surface area (Å²) < 4.78 is 37.3. The molecule has 1 aromatic heterocycles. The van der Waals surface area contributed by atoms with Gasteiger partial charge in [0.25, 0.3) is 10.0 Å². The van der Waals surface area contributed by atoms with Crippen LogP contribution in [0, 0.1) is 0 Å². The van der Waals surface area contributed by atoms with E-state index in [4.69, 9.17) is 4.74 Å². The predicted molar refractivity (Wildman–Crippen MR) is 72.2 cm³/mol. The molecule has 0 saturated carbocycles. The van der Waals surface area contributed by atoms with Crippen LogP contribution in [0.1, 0.15) is 30.8 Å². The van der Waals surface area contributed by atoms with Crippen LogP contribution in [0.4, 0.5) is 0 Å². The van der Waals surface area contributed by atoms with Crippen molar-refractivity contribution in [2.75, 3.05) is 13.7 Å². The smallest absolute Gasteiger partial charge is 0.358 e. The predicted octanol–water partition coefficient (Wildman–Crippen LogP) is 0.775. The molecule has 1 saturated heterocycles. The van der Waals surface area contributed by atoms with E-state index in [-0.39, 0.29) is 16.0 Å². The van der Waals surface area contributed by atoms with Gasteiger partial charge < -0.3 is 9.47 Å². The SMILES string of the molecule is COC(=O)c1ncsc1S(=O)(=O)NC1(C)CCOC1C. The first-order chi connectivity index (χ1) is 9.30. The molecule has 1 aliphatic rings. The summed E-state index contributed by atoms with van der Waals surface area (Å²) in [6, 6.07) is 0. The maximum absolute atomic E-state index is 12.4. The summed E-state index contributed by atoms with van der Waals surface area (Å²) in [6.45, 7) is 4.08. The topological polar surface area (TPSA) is 94.6 Å². The lowest BCUT2D eigenvalue weighted by Crippen LogP contribution is -2.50. The number of carbonyl (C=O) groups excluding carboxylic acids is 1. The van der Waals surface area contributed by atoms with Gasteiger partial charge in [-0.25, -0.2) is 22.9 Å². The number of esters is 1. The van der Waals surface area contributed by atoms with E-state index in [1.807, 2.05) is 6.92 Å². The Morgan fingerprint density at radius 3 is 2.90 bits per heavy atom. The van der Waals surface area contributed by atoms with E-state index in [0.717, 1.165) is 11.3 Å². The average Bonchev–Trinajstić information content (AvgIpc) is 2.97. The van der Waals surface area contributed by atoms with Crippen LogP contribution in [0.3, 0.4) is 0 Å². The van der Waals surface area contributed by atoms with Gasteiger partial charge in [-0.05, 0) is 20.3 Å². The summed E-state index contributed by atoms with van der Waals surface area (Å²) >= 11 is 0.880. The molecular weight excluding hydrogens is 304 g/mol. The number of carbonyl (C=O) groups is 1. The molecule has 2 rings (SSSR count). The van der Waals surface area contributed by atoms with E-state index in [1.165, 1.54) is 12.6 Å². The van der Waals surface area contributed by atoms with Gasteiger partial charge in [-0.1, -0.05) is 0 Å². The quantitative estimate of drug-likeness (QED) is 0.824. The number of hydrogen-bond donors (Lipinski definition) is 1. The first-order valence-corrected chi connectivity index (χ1v) is 8.34. The maximum atomic E-state index is 12.4. The lowest BCUT2D eigenvalue weighted by atomic mass is 9.97. The second kappa shape index (κ2) is 5.40. The molecule has 0 aliphatic carbocycles. The average molecular weight is 320 g/mol. The molecule has 2 atom stereocenters. The molecule has 0 aromatic carbocycles. The molecule has 2 heterocycles. The van der Waals surface area contributed by atoms with Crippen molar-refractivity contribution >= 4 is 27.3 Å². The molecule has 0 radical (unpaired) electrons. The molecule has 0 bridgehead atoms. The molecule has 1 fully saturated rings. The Hall–Kier alpha value is -1.03. The lowest BCUT2D eigenvalue weighted by molar-refractivity contribution is 0.0590. The van der Waals surface area contributed by atoms with E-state index >= 15 is 0 Å². The van der Waals surface area contributed by atoms with Crippen LogP contribution < -0.4 is 4.72 Å². The number of sulfonamides is 1. The first-order valence-electron chi connectivity index (χ1n) is 5.97. The van der Waals surface area contributed by atoms with Gasteiger partial charge in [0, 0.05) is 6.61 Å². The number of nitrogens with zero attached hydrogens (tertiary/aromatic N) is 1. The Bertz CT molecular complexity index is 612. The lowest BCUT2D eigenvalue weighted by Gasteiger charge is -2.28. The largest absolute Gasteiger partial charge is 0.464 e. The maximum Gasteiger partial charge on any atom is 0.358 e. The summed E-state index contributed by atoms with van der Waals surface area (Å²) in [7, 11) is -2.67. The molecule has 2 unspecified atom stereocenters. The molecule has 1 N–H and O–H groups in total. The van der Waals surface area contributed by atoms with Crippen molar-refractivity contribution in [1.82, 2.24) is 9.71 Å². The first kappa shape index (κ1) is 15.4. The molecule has 7 nitrogen and oxygen atoms in total. The molecule has 9 heteroatoms. The fourth-order valence-electron chi connectivity index (χ4n) is 1.98. The summed E-state index contributed by atoms with van der Waals surface area (Å²) in [5.41, 5.74) is 0.411. The van der Waals surface area contributed by atoms with Crippen molar-refractivity contribution in [2.24, 2.45) is 0 Å². The highest BCUT2D eigenvalue weighted by atomic mass is 32.2. The van der Waals surface area contributed by atoms with Crippen molar-refractivity contribution in [1.29, 1.82) is 0 Å². The number of nitrogens with one attached hydrogen (secondary N) is 1. The highest BCUT2D eigenvalue weighted by molar-refractivity contribution is 7.91. The number of aromatic nitrogens is 1. The normalized spacial score (nSPS) is 26.6. The Morgan fingerprint density at radius 2 is 2.35 bits per heavy atom. The number of methoxy groups -OCH3 is 1. The third-order valence-corrected chi connectivity index (χ3v) is 6.39. The van der Waals surface area contributed by atoms with Gasteiger partial charge in [-0.15, -0.1) is 11.3 Å². The highest BCUT2D eigenvalue weighted by Crippen LogP contribution is 2.29. The molecule has 1 aliphatic heterocycles. The van der Waals surface area contributed by atoms with Gasteiger partial charge in [0.05, 0.1) is 24.3 Å². The summed E-state index contributed by atoms with van der Waals surface area (Å²) in [5.74, 6) is -0.771. The molecule has 0 spiro atoms. The van der Waals surface area contributed by atoms with Crippen LogP contribution in [0.25, 0.3) is 0 Å². The monoisotopic (exact) mass is 320 g/mol. The molecule has 1 aromatic rings. The van der Waals surface area contributed by atoms with Crippen molar-refractivity contribution < 1.29 is 22.7 Å². The zero-order chi connectivity index (χ0) is 15.0. The second-order valence-corrected chi connectivity index (χ2v) is 7.50. The minimum atomic E-state index is -3.85. The standard InChI is InChI=1S/C11H16N2O5S2/c1-7-11(2,4-5-18-7)13-20(15,16)10-8(9(14)17-3)12-6-19-10/h6-7,13H,4-5H2,1-3H3. The van der Waals surface area contributed by atoms with Crippen LogP contribution in [0.15, 0.2) is 9.72 Å². The van der Waals surface area contributed by atoms with Gasteiger partial charge in [-0.2, -0.15) is 0 Å². The summed E-state index contributed by atoms with van der Waals surface area (Å²) in [4.78, 5) is 15.3. The Morgan fingerprint density at radius 1 is 1.65 bits per heavy atom. The Balaban J connectivity index is 2.32. The van der Waals surface area contributed by atoms with E-state index in [9.17, 15) is 13.2 Å². The number of hydrogen-bond acceptors (Lipinski definition) is 7. The van der Waals surface area contributed by atoms with Gasteiger partial charge in [0.1, 0.15) is 0 Å². The van der Waals surface area contributed by atoms with Crippen molar-refractivity contribution in [3.05, 3.63) is 11.2 Å². The Kier molecular flexibility index (Phi) is 4.14. The van der Waals surface area contributed by atoms with Crippen molar-refractivity contribution in [2.45, 2.75) is 36.1 Å². The molecule has 112 valence electrons. The number of rotatable bonds is 4. The van der Waals surface area contributed by atoms with Crippen molar-refractivity contribution in [3.8, 4) is 0 Å². The van der Waals surface area contributed by atoms with Crippen LogP contribution >= 0.6 is 11.3 Å².